The Morgan fingerprint density at radius 3 is 2.63 bits per heavy atom. The van der Waals surface area contributed by atoms with Crippen LogP contribution >= 0.6 is 0 Å². The fraction of sp³-hybridized carbons (Fsp3) is 0.316. The number of fused-ring (bicyclic) bond motifs is 1. The van der Waals surface area contributed by atoms with Gasteiger partial charge in [-0.1, -0.05) is 6.07 Å². The van der Waals surface area contributed by atoms with Gasteiger partial charge in [-0.05, 0) is 48.9 Å². The van der Waals surface area contributed by atoms with Crippen molar-refractivity contribution < 1.29 is 22.0 Å². The summed E-state index contributed by atoms with van der Waals surface area (Å²) >= 11 is 0. The van der Waals surface area contributed by atoms with E-state index in [1.54, 1.807) is 6.07 Å². The number of benzene rings is 2. The van der Waals surface area contributed by atoms with Crippen LogP contribution in [0.4, 0.5) is 22.0 Å². The number of imidazole rings is 1. The van der Waals surface area contributed by atoms with Crippen LogP contribution in [0.1, 0.15) is 29.3 Å². The summed E-state index contributed by atoms with van der Waals surface area (Å²) in [5.74, 6) is -1.05. The number of hydrogen-bond donors (Lipinski definition) is 1. The molecule has 0 spiro atoms. The van der Waals surface area contributed by atoms with E-state index in [-0.39, 0.29) is 5.92 Å². The number of nitrogens with one attached hydrogen (secondary N) is 1. The Kier molecular flexibility index (Phi) is 4.38. The van der Waals surface area contributed by atoms with E-state index in [1.165, 1.54) is 12.1 Å². The maximum absolute atomic E-state index is 13.3. The van der Waals surface area contributed by atoms with Crippen LogP contribution in [0.2, 0.25) is 0 Å². The van der Waals surface area contributed by atoms with Gasteiger partial charge in [-0.25, -0.2) is 13.8 Å². The zero-order valence-corrected chi connectivity index (χ0v) is 14.2. The van der Waals surface area contributed by atoms with Gasteiger partial charge in [0.2, 0.25) is 0 Å². The van der Waals surface area contributed by atoms with Gasteiger partial charge in [0.25, 0.3) is 0 Å². The van der Waals surface area contributed by atoms with Gasteiger partial charge >= 0.3 is 6.18 Å². The molecule has 0 aliphatic carbocycles. The molecule has 3 aromatic rings. The average molecular weight is 381 g/mol. The van der Waals surface area contributed by atoms with Crippen LogP contribution in [0, 0.1) is 11.6 Å². The van der Waals surface area contributed by atoms with E-state index >= 15 is 0 Å². The summed E-state index contributed by atoms with van der Waals surface area (Å²) in [6.07, 6.45) is -3.61. The number of aromatic amines is 1. The first kappa shape index (κ1) is 17.9. The van der Waals surface area contributed by atoms with Gasteiger partial charge in [-0.15, -0.1) is 0 Å². The van der Waals surface area contributed by atoms with Crippen molar-refractivity contribution in [3.63, 3.8) is 0 Å². The summed E-state index contributed by atoms with van der Waals surface area (Å²) in [7, 11) is 0. The molecule has 0 bridgehead atoms. The van der Waals surface area contributed by atoms with E-state index in [4.69, 9.17) is 0 Å². The van der Waals surface area contributed by atoms with Crippen molar-refractivity contribution >= 4 is 11.0 Å². The summed E-state index contributed by atoms with van der Waals surface area (Å²) < 4.78 is 64.9. The van der Waals surface area contributed by atoms with Crippen molar-refractivity contribution in [3.05, 3.63) is 65.0 Å². The predicted octanol–water partition coefficient (Wildman–Crippen LogP) is 4.85. The summed E-state index contributed by atoms with van der Waals surface area (Å²) in [5, 5.41) is 0. The van der Waals surface area contributed by atoms with E-state index in [2.05, 4.69) is 14.9 Å². The van der Waals surface area contributed by atoms with Gasteiger partial charge < -0.3 is 4.98 Å². The summed E-state index contributed by atoms with van der Waals surface area (Å²) in [6, 6.07) is 7.30. The van der Waals surface area contributed by atoms with Crippen LogP contribution in [0.3, 0.4) is 0 Å². The van der Waals surface area contributed by atoms with Crippen LogP contribution in [-0.4, -0.2) is 28.0 Å². The van der Waals surface area contributed by atoms with Crippen LogP contribution in [0.15, 0.2) is 36.4 Å². The number of nitrogens with zero attached hydrogens (tertiary/aromatic N) is 2. The van der Waals surface area contributed by atoms with Crippen molar-refractivity contribution in [2.24, 2.45) is 0 Å². The lowest BCUT2D eigenvalue weighted by Crippen LogP contribution is -2.20. The van der Waals surface area contributed by atoms with E-state index in [9.17, 15) is 22.0 Å². The average Bonchev–Trinajstić information content (AvgIpc) is 3.23. The molecule has 0 radical (unpaired) electrons. The topological polar surface area (TPSA) is 31.9 Å². The Morgan fingerprint density at radius 2 is 1.89 bits per heavy atom. The van der Waals surface area contributed by atoms with Gasteiger partial charge in [0.05, 0.1) is 16.6 Å². The molecule has 1 saturated heterocycles. The Labute approximate surface area is 151 Å². The largest absolute Gasteiger partial charge is 0.416 e. The van der Waals surface area contributed by atoms with E-state index < -0.39 is 23.4 Å². The second kappa shape index (κ2) is 6.60. The van der Waals surface area contributed by atoms with Crippen LogP contribution < -0.4 is 0 Å². The fourth-order valence-corrected chi connectivity index (χ4v) is 3.49. The second-order valence-electron chi connectivity index (χ2n) is 6.82. The number of H-pyrrole nitrogens is 1. The molecule has 142 valence electrons. The van der Waals surface area contributed by atoms with Gasteiger partial charge in [-0.2, -0.15) is 13.2 Å². The molecule has 3 nitrogen and oxygen atoms in total. The molecule has 1 fully saturated rings. The Bertz CT molecular complexity index is 979. The highest BCUT2D eigenvalue weighted by atomic mass is 19.4. The smallest absolute Gasteiger partial charge is 0.342 e. The van der Waals surface area contributed by atoms with Crippen LogP contribution in [0.5, 0.6) is 0 Å². The molecule has 27 heavy (non-hydrogen) atoms. The fourth-order valence-electron chi connectivity index (χ4n) is 3.49. The Hall–Kier alpha value is -2.48. The van der Waals surface area contributed by atoms with Crippen LogP contribution in [0.25, 0.3) is 11.0 Å². The summed E-state index contributed by atoms with van der Waals surface area (Å²) in [4.78, 5) is 9.52. The van der Waals surface area contributed by atoms with Gasteiger partial charge in [-0.3, -0.25) is 4.90 Å². The zero-order chi connectivity index (χ0) is 19.2. The third-order valence-electron chi connectivity index (χ3n) is 4.88. The van der Waals surface area contributed by atoms with Crippen molar-refractivity contribution in [2.75, 3.05) is 13.1 Å². The number of alkyl halides is 3. The molecular weight excluding hydrogens is 365 g/mol. The van der Waals surface area contributed by atoms with E-state index in [0.29, 0.717) is 35.5 Å². The number of halogens is 5. The molecule has 1 aliphatic heterocycles. The number of rotatable bonds is 3. The molecular formula is C19H16F5N3. The van der Waals surface area contributed by atoms with Crippen LogP contribution in [-0.2, 0) is 12.7 Å². The molecule has 8 heteroatoms. The van der Waals surface area contributed by atoms with E-state index in [0.717, 1.165) is 31.2 Å². The molecule has 4 rings (SSSR count). The van der Waals surface area contributed by atoms with Gasteiger partial charge in [0, 0.05) is 19.0 Å². The quantitative estimate of drug-likeness (QED) is 0.658. The van der Waals surface area contributed by atoms with E-state index in [1.807, 2.05) is 0 Å². The zero-order valence-electron chi connectivity index (χ0n) is 14.2. The first-order valence-electron chi connectivity index (χ1n) is 8.53. The summed E-state index contributed by atoms with van der Waals surface area (Å²) in [5.41, 5.74) is 0.821. The van der Waals surface area contributed by atoms with Crippen molar-refractivity contribution in [1.82, 2.24) is 14.9 Å². The molecule has 0 amide bonds. The van der Waals surface area contributed by atoms with Crippen molar-refractivity contribution in [2.45, 2.75) is 25.1 Å². The molecule has 1 unspecified atom stereocenters. The molecule has 2 aromatic carbocycles. The highest BCUT2D eigenvalue weighted by molar-refractivity contribution is 5.76. The number of hydrogen-bond acceptors (Lipinski definition) is 2. The van der Waals surface area contributed by atoms with Crippen molar-refractivity contribution in [1.29, 1.82) is 0 Å². The van der Waals surface area contributed by atoms with Gasteiger partial charge in [0.15, 0.2) is 11.6 Å². The predicted molar refractivity (Wildman–Crippen MR) is 90.1 cm³/mol. The van der Waals surface area contributed by atoms with Gasteiger partial charge in [0.1, 0.15) is 5.82 Å². The first-order chi connectivity index (χ1) is 12.8. The standard InChI is InChI=1S/C19H16F5N3/c20-14-3-1-11(7-15(14)21)9-27-6-5-12(10-27)18-25-16-4-2-13(19(22,23)24)8-17(16)26-18/h1-4,7-8,12H,5-6,9-10H2,(H,25,26). The van der Waals surface area contributed by atoms with Crippen molar-refractivity contribution in [3.8, 4) is 0 Å². The number of likely N-dealkylation sites (tertiary alicyclic amines) is 1. The molecule has 0 saturated carbocycles. The molecule has 1 aliphatic rings. The lowest BCUT2D eigenvalue weighted by molar-refractivity contribution is -0.137. The lowest BCUT2D eigenvalue weighted by atomic mass is 10.1. The molecule has 1 N–H and O–H groups in total. The highest BCUT2D eigenvalue weighted by Gasteiger charge is 2.31. The molecule has 2 heterocycles. The minimum absolute atomic E-state index is 0.0528. The second-order valence-corrected chi connectivity index (χ2v) is 6.82. The third-order valence-corrected chi connectivity index (χ3v) is 4.88. The first-order valence-corrected chi connectivity index (χ1v) is 8.53. The summed E-state index contributed by atoms with van der Waals surface area (Å²) in [6.45, 7) is 1.87. The molecule has 1 aromatic heterocycles. The SMILES string of the molecule is Fc1ccc(CN2CCC(c3nc4ccc(C(F)(F)F)cc4[nH]3)C2)cc1F. The normalized spacial score (nSPS) is 18.5. The monoisotopic (exact) mass is 381 g/mol. The minimum Gasteiger partial charge on any atom is -0.342 e. The third kappa shape index (κ3) is 3.66. The Balaban J connectivity index is 1.49. The highest BCUT2D eigenvalue weighted by Crippen LogP contribution is 2.32. The number of aromatic nitrogens is 2. The Morgan fingerprint density at radius 1 is 1.07 bits per heavy atom. The maximum Gasteiger partial charge on any atom is 0.416 e. The minimum atomic E-state index is -4.39. The maximum atomic E-state index is 13.3. The lowest BCUT2D eigenvalue weighted by Gasteiger charge is -2.15. The molecule has 1 atom stereocenters.